The third-order valence-electron chi connectivity index (χ3n) is 2.17. The van der Waals surface area contributed by atoms with E-state index in [9.17, 15) is 0 Å². The molecule has 1 N–H and O–H groups in total. The average Bonchev–Trinajstić information content (AvgIpc) is 2.67. The van der Waals surface area contributed by atoms with Gasteiger partial charge in [0.25, 0.3) is 0 Å². The van der Waals surface area contributed by atoms with Crippen molar-refractivity contribution in [3.63, 3.8) is 0 Å². The maximum atomic E-state index is 5.65. The molecule has 0 aliphatic carbocycles. The summed E-state index contributed by atoms with van der Waals surface area (Å²) in [7, 11) is 0. The van der Waals surface area contributed by atoms with Gasteiger partial charge in [0.15, 0.2) is 0 Å². The Kier molecular flexibility index (Phi) is 3.29. The van der Waals surface area contributed by atoms with Gasteiger partial charge in [-0.15, -0.1) is 0 Å². The molecule has 0 amide bonds. The van der Waals surface area contributed by atoms with Crippen LogP contribution in [0.1, 0.15) is 12.1 Å². The molecule has 0 aromatic carbocycles. The van der Waals surface area contributed by atoms with Crippen LogP contribution in [-0.2, 0) is 11.3 Å². The monoisotopic (exact) mass is 213 g/mol. The molecule has 1 fully saturated rings. The van der Waals surface area contributed by atoms with E-state index in [0.29, 0.717) is 12.7 Å². The fourth-order valence-corrected chi connectivity index (χ4v) is 1.59. The molecule has 1 aromatic heterocycles. The Hall–Kier alpha value is -0.710. The lowest BCUT2D eigenvalue weighted by molar-refractivity contribution is 0.0522. The van der Waals surface area contributed by atoms with E-state index in [1.54, 1.807) is 6.20 Å². The van der Waals surface area contributed by atoms with E-state index in [-0.39, 0.29) is 5.28 Å². The molecule has 1 aliphatic heterocycles. The summed E-state index contributed by atoms with van der Waals surface area (Å²) >= 11 is 5.65. The number of nitrogens with one attached hydrogen (secondary N) is 1. The largest absolute Gasteiger partial charge is 0.371 e. The highest BCUT2D eigenvalue weighted by Gasteiger charge is 2.14. The number of rotatable bonds is 3. The second-order valence-corrected chi connectivity index (χ2v) is 3.58. The number of hydrogen-bond donors (Lipinski definition) is 1. The highest BCUT2D eigenvalue weighted by Crippen LogP contribution is 2.07. The minimum atomic E-state index is 0.274. The van der Waals surface area contributed by atoms with Crippen LogP contribution in [0.4, 0.5) is 0 Å². The van der Waals surface area contributed by atoms with Crippen molar-refractivity contribution in [1.82, 2.24) is 15.3 Å². The minimum absolute atomic E-state index is 0.274. The maximum absolute atomic E-state index is 5.65. The zero-order valence-corrected chi connectivity index (χ0v) is 8.50. The van der Waals surface area contributed by atoms with Gasteiger partial charge in [-0.3, -0.25) is 0 Å². The van der Waals surface area contributed by atoms with Crippen molar-refractivity contribution in [2.24, 2.45) is 0 Å². The summed E-state index contributed by atoms with van der Waals surface area (Å²) in [4.78, 5) is 7.85. The number of halogens is 1. The van der Waals surface area contributed by atoms with E-state index in [1.807, 2.05) is 6.07 Å². The lowest BCUT2D eigenvalue weighted by atomic mass is 10.3. The Labute approximate surface area is 87.7 Å². The lowest BCUT2D eigenvalue weighted by Crippen LogP contribution is -2.16. The summed E-state index contributed by atoms with van der Waals surface area (Å²) in [6, 6.07) is 1.81. The van der Waals surface area contributed by atoms with E-state index >= 15 is 0 Å². The number of hydrogen-bond acceptors (Lipinski definition) is 4. The van der Waals surface area contributed by atoms with Gasteiger partial charge in [0.2, 0.25) is 5.28 Å². The van der Waals surface area contributed by atoms with Crippen LogP contribution in [0.2, 0.25) is 5.28 Å². The van der Waals surface area contributed by atoms with Crippen LogP contribution in [0, 0.1) is 0 Å². The number of nitrogens with zero attached hydrogens (tertiary/aromatic N) is 2. The fourth-order valence-electron chi connectivity index (χ4n) is 1.42. The van der Waals surface area contributed by atoms with E-state index < -0.39 is 0 Å². The molecule has 76 valence electrons. The van der Waals surface area contributed by atoms with Crippen LogP contribution < -0.4 is 5.32 Å². The Bertz CT molecular complexity index is 302. The van der Waals surface area contributed by atoms with E-state index in [4.69, 9.17) is 16.3 Å². The summed E-state index contributed by atoms with van der Waals surface area (Å²) in [5, 5.41) is 3.51. The van der Waals surface area contributed by atoms with Crippen molar-refractivity contribution in [2.75, 3.05) is 13.1 Å². The molecule has 1 saturated heterocycles. The molecule has 2 heterocycles. The van der Waals surface area contributed by atoms with Crippen LogP contribution >= 0.6 is 11.6 Å². The second-order valence-electron chi connectivity index (χ2n) is 3.24. The molecule has 4 nitrogen and oxygen atoms in total. The summed E-state index contributed by atoms with van der Waals surface area (Å²) < 4.78 is 5.63. The van der Waals surface area contributed by atoms with Gasteiger partial charge in [0, 0.05) is 12.7 Å². The summed E-state index contributed by atoms with van der Waals surface area (Å²) in [5.41, 5.74) is 0.830. The first-order chi connectivity index (χ1) is 6.84. The Morgan fingerprint density at radius 2 is 2.57 bits per heavy atom. The normalized spacial score (nSPS) is 21.4. The third kappa shape index (κ3) is 2.64. The van der Waals surface area contributed by atoms with Gasteiger partial charge in [-0.2, -0.15) is 0 Å². The highest BCUT2D eigenvalue weighted by molar-refractivity contribution is 6.28. The second kappa shape index (κ2) is 4.68. The molecule has 1 aliphatic rings. The predicted molar refractivity (Wildman–Crippen MR) is 53.1 cm³/mol. The SMILES string of the molecule is Clc1nccc(CO[C@H]2CCNC2)n1. The molecule has 0 spiro atoms. The topological polar surface area (TPSA) is 47.0 Å². The first kappa shape index (κ1) is 9.83. The molecule has 5 heteroatoms. The van der Waals surface area contributed by atoms with Gasteiger partial charge in [-0.25, -0.2) is 9.97 Å². The van der Waals surface area contributed by atoms with Crippen molar-refractivity contribution in [3.8, 4) is 0 Å². The van der Waals surface area contributed by atoms with E-state index in [0.717, 1.165) is 25.2 Å². The van der Waals surface area contributed by atoms with Crippen LogP contribution in [0.3, 0.4) is 0 Å². The first-order valence-corrected chi connectivity index (χ1v) is 5.02. The Morgan fingerprint density at radius 3 is 3.29 bits per heavy atom. The third-order valence-corrected chi connectivity index (χ3v) is 2.35. The smallest absolute Gasteiger partial charge is 0.222 e. The summed E-state index contributed by atoms with van der Waals surface area (Å²) in [6.07, 6.45) is 3.02. The average molecular weight is 214 g/mol. The molecule has 1 atom stereocenters. The quantitative estimate of drug-likeness (QED) is 0.762. The maximum Gasteiger partial charge on any atom is 0.222 e. The van der Waals surface area contributed by atoms with Crippen LogP contribution in [-0.4, -0.2) is 29.2 Å². The first-order valence-electron chi connectivity index (χ1n) is 4.64. The Morgan fingerprint density at radius 1 is 1.64 bits per heavy atom. The zero-order valence-electron chi connectivity index (χ0n) is 7.74. The lowest BCUT2D eigenvalue weighted by Gasteiger charge is -2.09. The predicted octanol–water partition coefficient (Wildman–Crippen LogP) is 1.01. The van der Waals surface area contributed by atoms with E-state index in [2.05, 4.69) is 15.3 Å². The molecule has 0 unspecified atom stereocenters. The molecule has 2 rings (SSSR count). The molecular weight excluding hydrogens is 202 g/mol. The highest BCUT2D eigenvalue weighted by atomic mass is 35.5. The van der Waals surface area contributed by atoms with Crippen LogP contribution in [0.5, 0.6) is 0 Å². The number of aromatic nitrogens is 2. The van der Waals surface area contributed by atoms with Crippen molar-refractivity contribution in [2.45, 2.75) is 19.1 Å². The van der Waals surface area contributed by atoms with Crippen molar-refractivity contribution < 1.29 is 4.74 Å². The van der Waals surface area contributed by atoms with Gasteiger partial charge in [-0.05, 0) is 30.6 Å². The fraction of sp³-hybridized carbons (Fsp3) is 0.556. The van der Waals surface area contributed by atoms with Crippen molar-refractivity contribution >= 4 is 11.6 Å². The zero-order chi connectivity index (χ0) is 9.80. The standard InChI is InChI=1S/C9H12ClN3O/c10-9-12-4-1-7(13-9)6-14-8-2-3-11-5-8/h1,4,8,11H,2-3,5-6H2/t8-/m0/s1. The molecule has 0 bridgehead atoms. The minimum Gasteiger partial charge on any atom is -0.371 e. The summed E-state index contributed by atoms with van der Waals surface area (Å²) in [5.74, 6) is 0. The molecule has 0 radical (unpaired) electrons. The molecular formula is C9H12ClN3O. The molecule has 1 aromatic rings. The number of ether oxygens (including phenoxy) is 1. The van der Waals surface area contributed by atoms with Crippen LogP contribution in [0.25, 0.3) is 0 Å². The molecule has 0 saturated carbocycles. The van der Waals surface area contributed by atoms with Gasteiger partial charge in [0.1, 0.15) is 0 Å². The van der Waals surface area contributed by atoms with Crippen molar-refractivity contribution in [1.29, 1.82) is 0 Å². The van der Waals surface area contributed by atoms with E-state index in [1.165, 1.54) is 0 Å². The van der Waals surface area contributed by atoms with Crippen LogP contribution in [0.15, 0.2) is 12.3 Å². The Balaban J connectivity index is 1.85. The van der Waals surface area contributed by atoms with Gasteiger partial charge in [0.05, 0.1) is 18.4 Å². The van der Waals surface area contributed by atoms with Crippen molar-refractivity contribution in [3.05, 3.63) is 23.2 Å². The van der Waals surface area contributed by atoms with Gasteiger partial charge < -0.3 is 10.1 Å². The summed E-state index contributed by atoms with van der Waals surface area (Å²) in [6.45, 7) is 2.47. The molecule has 14 heavy (non-hydrogen) atoms. The van der Waals surface area contributed by atoms with Gasteiger partial charge in [-0.1, -0.05) is 0 Å². The van der Waals surface area contributed by atoms with Gasteiger partial charge >= 0.3 is 0 Å².